The van der Waals surface area contributed by atoms with E-state index < -0.39 is 0 Å². The van der Waals surface area contributed by atoms with Gasteiger partial charge in [-0.1, -0.05) is 0 Å². The Bertz CT molecular complexity index is 719. The van der Waals surface area contributed by atoms with Crippen LogP contribution in [0.15, 0.2) is 18.3 Å². The van der Waals surface area contributed by atoms with E-state index in [1.165, 1.54) is 0 Å². The number of aromatic nitrogens is 3. The molecule has 152 valence electrons. The molecule has 0 aliphatic carbocycles. The lowest BCUT2D eigenvalue weighted by molar-refractivity contribution is -0.131. The van der Waals surface area contributed by atoms with Gasteiger partial charge in [0.25, 0.3) is 0 Å². The SMILES string of the molecule is COCC(C)n1c(CCCC(=O)N2CCNCC2)nc2cccnc21.Cl.Cl. The zero-order valence-electron chi connectivity index (χ0n) is 15.9. The molecular formula is C18H29Cl2N5O2. The molecule has 0 bridgehead atoms. The van der Waals surface area contributed by atoms with Crippen LogP contribution in [-0.2, 0) is 16.0 Å². The number of hydrogen-bond acceptors (Lipinski definition) is 5. The van der Waals surface area contributed by atoms with E-state index >= 15 is 0 Å². The van der Waals surface area contributed by atoms with Gasteiger partial charge in [-0.05, 0) is 25.5 Å². The van der Waals surface area contributed by atoms with Crippen molar-refractivity contribution in [2.45, 2.75) is 32.2 Å². The van der Waals surface area contributed by atoms with Crippen molar-refractivity contribution in [3.05, 3.63) is 24.2 Å². The molecule has 1 atom stereocenters. The van der Waals surface area contributed by atoms with E-state index in [9.17, 15) is 4.79 Å². The molecule has 0 radical (unpaired) electrons. The minimum absolute atomic E-state index is 0. The van der Waals surface area contributed by atoms with E-state index in [4.69, 9.17) is 9.72 Å². The third kappa shape index (κ3) is 5.78. The maximum absolute atomic E-state index is 12.3. The number of aryl methyl sites for hydroxylation is 1. The minimum atomic E-state index is 0. The van der Waals surface area contributed by atoms with Gasteiger partial charge in [-0.25, -0.2) is 9.97 Å². The zero-order chi connectivity index (χ0) is 17.6. The first-order chi connectivity index (χ1) is 12.2. The van der Waals surface area contributed by atoms with Gasteiger partial charge in [0.05, 0.1) is 12.6 Å². The van der Waals surface area contributed by atoms with Crippen LogP contribution in [0.25, 0.3) is 11.2 Å². The number of piperazine rings is 1. The van der Waals surface area contributed by atoms with Crippen molar-refractivity contribution in [3.8, 4) is 0 Å². The molecule has 1 N–H and O–H groups in total. The number of methoxy groups -OCH3 is 1. The first-order valence-electron chi connectivity index (χ1n) is 9.00. The van der Waals surface area contributed by atoms with E-state index in [2.05, 4.69) is 21.8 Å². The van der Waals surface area contributed by atoms with Crippen LogP contribution in [0.2, 0.25) is 0 Å². The van der Waals surface area contributed by atoms with Gasteiger partial charge in [0.2, 0.25) is 5.91 Å². The number of hydrogen-bond donors (Lipinski definition) is 1. The number of rotatable bonds is 7. The van der Waals surface area contributed by atoms with Crippen molar-refractivity contribution < 1.29 is 9.53 Å². The molecule has 2 aromatic heterocycles. The van der Waals surface area contributed by atoms with Crippen molar-refractivity contribution in [1.82, 2.24) is 24.8 Å². The maximum Gasteiger partial charge on any atom is 0.222 e. The Balaban J connectivity index is 0.00000182. The molecule has 0 spiro atoms. The van der Waals surface area contributed by atoms with Crippen LogP contribution < -0.4 is 5.32 Å². The maximum atomic E-state index is 12.3. The highest BCUT2D eigenvalue weighted by Gasteiger charge is 2.19. The Morgan fingerprint density at radius 1 is 1.33 bits per heavy atom. The number of amides is 1. The lowest BCUT2D eigenvalue weighted by atomic mass is 10.2. The Hall–Kier alpha value is -1.41. The van der Waals surface area contributed by atoms with Crippen LogP contribution in [0.5, 0.6) is 0 Å². The second kappa shape index (κ2) is 11.4. The second-order valence-corrected chi connectivity index (χ2v) is 6.53. The predicted octanol–water partition coefficient (Wildman–Crippen LogP) is 2.24. The molecule has 27 heavy (non-hydrogen) atoms. The van der Waals surface area contributed by atoms with Gasteiger partial charge in [-0.15, -0.1) is 24.8 Å². The molecule has 0 saturated carbocycles. The summed E-state index contributed by atoms with van der Waals surface area (Å²) >= 11 is 0. The molecule has 1 unspecified atom stereocenters. The summed E-state index contributed by atoms with van der Waals surface area (Å²) in [6, 6.07) is 4.04. The molecule has 9 heteroatoms. The van der Waals surface area contributed by atoms with Crippen LogP contribution >= 0.6 is 24.8 Å². The van der Waals surface area contributed by atoms with E-state index in [0.29, 0.717) is 13.0 Å². The normalized spacial score (nSPS) is 15.1. The Morgan fingerprint density at radius 2 is 2.07 bits per heavy atom. The summed E-state index contributed by atoms with van der Waals surface area (Å²) in [5.74, 6) is 1.22. The average molecular weight is 418 g/mol. The van der Waals surface area contributed by atoms with Crippen molar-refractivity contribution >= 4 is 41.9 Å². The van der Waals surface area contributed by atoms with Crippen LogP contribution in [0.4, 0.5) is 0 Å². The number of fused-ring (bicyclic) bond motifs is 1. The summed E-state index contributed by atoms with van der Waals surface area (Å²) in [5, 5.41) is 3.27. The van der Waals surface area contributed by atoms with E-state index in [0.717, 1.165) is 56.0 Å². The molecule has 3 rings (SSSR count). The first-order valence-corrected chi connectivity index (χ1v) is 9.00. The quantitative estimate of drug-likeness (QED) is 0.747. The number of carbonyl (C=O) groups excluding carboxylic acids is 1. The molecule has 7 nitrogen and oxygen atoms in total. The molecular weight excluding hydrogens is 389 g/mol. The topological polar surface area (TPSA) is 72.3 Å². The van der Waals surface area contributed by atoms with E-state index in [1.54, 1.807) is 13.3 Å². The predicted molar refractivity (Wildman–Crippen MR) is 111 cm³/mol. The van der Waals surface area contributed by atoms with Crippen molar-refractivity contribution in [2.24, 2.45) is 0 Å². The lowest BCUT2D eigenvalue weighted by Crippen LogP contribution is -2.46. The molecule has 0 aromatic carbocycles. The van der Waals surface area contributed by atoms with Crippen molar-refractivity contribution in [2.75, 3.05) is 39.9 Å². The van der Waals surface area contributed by atoms with Crippen LogP contribution in [0, 0.1) is 0 Å². The number of ether oxygens (including phenoxy) is 1. The van der Waals surface area contributed by atoms with Gasteiger partial charge in [0.15, 0.2) is 5.65 Å². The number of nitrogens with one attached hydrogen (secondary N) is 1. The Labute approximate surface area is 172 Å². The summed E-state index contributed by atoms with van der Waals surface area (Å²) in [5.41, 5.74) is 1.78. The van der Waals surface area contributed by atoms with Gasteiger partial charge in [-0.3, -0.25) is 4.79 Å². The van der Waals surface area contributed by atoms with Crippen molar-refractivity contribution in [3.63, 3.8) is 0 Å². The summed E-state index contributed by atoms with van der Waals surface area (Å²) in [4.78, 5) is 23.5. The number of nitrogens with zero attached hydrogens (tertiary/aromatic N) is 4. The third-order valence-electron chi connectivity index (χ3n) is 4.63. The summed E-state index contributed by atoms with van der Waals surface area (Å²) < 4.78 is 7.46. The summed E-state index contributed by atoms with van der Waals surface area (Å²) in [7, 11) is 1.70. The van der Waals surface area contributed by atoms with Crippen LogP contribution in [0.3, 0.4) is 0 Å². The van der Waals surface area contributed by atoms with Crippen molar-refractivity contribution in [1.29, 1.82) is 0 Å². The molecule has 1 fully saturated rings. The fraction of sp³-hybridized carbons (Fsp3) is 0.611. The second-order valence-electron chi connectivity index (χ2n) is 6.53. The number of carbonyl (C=O) groups is 1. The van der Waals surface area contributed by atoms with E-state index in [1.807, 2.05) is 17.0 Å². The molecule has 3 heterocycles. The molecule has 1 saturated heterocycles. The molecule has 1 aliphatic rings. The zero-order valence-corrected chi connectivity index (χ0v) is 17.5. The smallest absolute Gasteiger partial charge is 0.222 e. The Kier molecular flexibility index (Phi) is 10.0. The van der Waals surface area contributed by atoms with Gasteiger partial charge in [0.1, 0.15) is 11.3 Å². The highest BCUT2D eigenvalue weighted by Crippen LogP contribution is 2.21. The largest absolute Gasteiger partial charge is 0.383 e. The molecule has 1 amide bonds. The minimum Gasteiger partial charge on any atom is -0.383 e. The Morgan fingerprint density at radius 3 is 2.78 bits per heavy atom. The van der Waals surface area contributed by atoms with Crippen LogP contribution in [0.1, 0.15) is 31.6 Å². The monoisotopic (exact) mass is 417 g/mol. The standard InChI is InChI=1S/C18H27N5O2.2ClH/c1-14(13-25-2)23-16(21-15-5-4-8-20-18(15)23)6-3-7-17(24)22-11-9-19-10-12-22;;/h4-5,8,14,19H,3,6-7,9-13H2,1-2H3;2*1H. The number of halogens is 2. The molecule has 1 aliphatic heterocycles. The first kappa shape index (κ1) is 23.6. The molecule has 2 aromatic rings. The third-order valence-corrected chi connectivity index (χ3v) is 4.63. The van der Waals surface area contributed by atoms with E-state index in [-0.39, 0.29) is 36.8 Å². The number of pyridine rings is 1. The van der Waals surface area contributed by atoms with Gasteiger partial charge >= 0.3 is 0 Å². The van der Waals surface area contributed by atoms with Gasteiger partial charge < -0.3 is 19.5 Å². The fourth-order valence-electron chi connectivity index (χ4n) is 3.40. The summed E-state index contributed by atoms with van der Waals surface area (Å²) in [6.07, 6.45) is 3.92. The average Bonchev–Trinajstić information content (AvgIpc) is 3.01. The number of imidazole rings is 1. The van der Waals surface area contributed by atoms with Gasteiger partial charge in [0, 0.05) is 52.3 Å². The lowest BCUT2D eigenvalue weighted by Gasteiger charge is -2.27. The van der Waals surface area contributed by atoms with Crippen LogP contribution in [-0.4, -0.2) is 65.2 Å². The van der Waals surface area contributed by atoms with Gasteiger partial charge in [-0.2, -0.15) is 0 Å². The highest BCUT2D eigenvalue weighted by atomic mass is 35.5. The highest BCUT2D eigenvalue weighted by molar-refractivity contribution is 5.85. The summed E-state index contributed by atoms with van der Waals surface area (Å²) in [6.45, 7) is 6.12. The fourth-order valence-corrected chi connectivity index (χ4v) is 3.40.